The quantitative estimate of drug-likeness (QED) is 0.385. The number of hydrogen-bond acceptors (Lipinski definition) is 0. The molecular formula is C14H20Br2N2. The average molecular weight is 376 g/mol. The van der Waals surface area contributed by atoms with Crippen molar-refractivity contribution in [3.05, 3.63) is 48.9 Å². The van der Waals surface area contributed by atoms with E-state index in [0.29, 0.717) is 0 Å². The van der Waals surface area contributed by atoms with Crippen molar-refractivity contribution in [2.75, 3.05) is 13.1 Å². The van der Waals surface area contributed by atoms with Crippen molar-refractivity contribution in [3.63, 3.8) is 0 Å². The summed E-state index contributed by atoms with van der Waals surface area (Å²) < 4.78 is 4.25. The van der Waals surface area contributed by atoms with E-state index in [1.807, 2.05) is 26.0 Å². The first-order chi connectivity index (χ1) is 7.86. The van der Waals surface area contributed by atoms with Gasteiger partial charge in [0, 0.05) is 26.0 Å². The molecule has 2 aliphatic rings. The summed E-state index contributed by atoms with van der Waals surface area (Å²) in [6, 6.07) is 0. The van der Waals surface area contributed by atoms with E-state index in [-0.39, 0.29) is 34.0 Å². The summed E-state index contributed by atoms with van der Waals surface area (Å²) in [5.41, 5.74) is 0. The largest absolute Gasteiger partial charge is 1.00 e. The molecule has 0 aromatic rings. The Labute approximate surface area is 131 Å². The van der Waals surface area contributed by atoms with Crippen LogP contribution < -0.4 is 34.0 Å². The maximum Gasteiger partial charge on any atom is 0.168 e. The Morgan fingerprint density at radius 1 is 0.722 bits per heavy atom. The Morgan fingerprint density at radius 2 is 1.11 bits per heavy atom. The Kier molecular flexibility index (Phi) is 13.8. The molecule has 2 rings (SSSR count). The number of nitrogens with zero attached hydrogens (tertiary/aromatic N) is 2. The summed E-state index contributed by atoms with van der Waals surface area (Å²) in [7, 11) is 0. The summed E-state index contributed by atoms with van der Waals surface area (Å²) in [5.74, 6) is 0. The zero-order chi connectivity index (χ0) is 11.6. The van der Waals surface area contributed by atoms with Gasteiger partial charge in [-0.3, -0.25) is 0 Å². The Balaban J connectivity index is 0. The van der Waals surface area contributed by atoms with Crippen molar-refractivity contribution in [2.24, 2.45) is 0 Å². The van der Waals surface area contributed by atoms with E-state index in [4.69, 9.17) is 0 Å². The van der Waals surface area contributed by atoms with E-state index in [9.17, 15) is 0 Å². The van der Waals surface area contributed by atoms with Crippen molar-refractivity contribution in [1.82, 2.24) is 0 Å². The second-order valence-electron chi connectivity index (χ2n) is 3.45. The van der Waals surface area contributed by atoms with Gasteiger partial charge in [0.1, 0.15) is 12.4 Å². The summed E-state index contributed by atoms with van der Waals surface area (Å²) in [6.45, 7) is 6.10. The fourth-order valence-corrected chi connectivity index (χ4v) is 1.35. The van der Waals surface area contributed by atoms with Gasteiger partial charge in [-0.1, -0.05) is 12.2 Å². The van der Waals surface area contributed by atoms with Crippen molar-refractivity contribution in [1.29, 1.82) is 0 Å². The first-order valence-electron chi connectivity index (χ1n) is 5.64. The highest BCUT2D eigenvalue weighted by Crippen LogP contribution is 1.88. The number of rotatable bonds is 0. The molecule has 2 aliphatic heterocycles. The van der Waals surface area contributed by atoms with E-state index in [2.05, 4.69) is 58.3 Å². The summed E-state index contributed by atoms with van der Waals surface area (Å²) in [4.78, 5) is 0. The predicted molar refractivity (Wildman–Crippen MR) is 70.3 cm³/mol. The molecule has 0 unspecified atom stereocenters. The molecule has 0 amide bonds. The van der Waals surface area contributed by atoms with Gasteiger partial charge in [-0.15, -0.1) is 0 Å². The van der Waals surface area contributed by atoms with Gasteiger partial charge in [-0.05, 0) is 12.2 Å². The maximum absolute atomic E-state index is 2.12. The average Bonchev–Trinajstić information content (AvgIpc) is 2.41. The lowest BCUT2D eigenvalue weighted by molar-refractivity contribution is -0.442. The molecule has 0 N–H and O–H groups in total. The normalized spacial score (nSPS) is 19.9. The van der Waals surface area contributed by atoms with Crippen LogP contribution >= 0.6 is 0 Å². The molecule has 0 atom stereocenters. The van der Waals surface area contributed by atoms with Crippen LogP contribution in [0.3, 0.4) is 0 Å². The molecule has 0 saturated carbocycles. The lowest BCUT2D eigenvalue weighted by Crippen LogP contribution is -3.00. The second kappa shape index (κ2) is 12.7. The van der Waals surface area contributed by atoms with Gasteiger partial charge in [-0.25, -0.2) is 9.15 Å². The smallest absolute Gasteiger partial charge is 0.168 e. The van der Waals surface area contributed by atoms with Crippen LogP contribution in [0.1, 0.15) is 13.8 Å². The first-order valence-corrected chi connectivity index (χ1v) is 5.64. The molecule has 2 heterocycles. The molecule has 100 valence electrons. The summed E-state index contributed by atoms with van der Waals surface area (Å²) in [6.07, 6.45) is 20.6. The molecule has 0 spiro atoms. The van der Waals surface area contributed by atoms with E-state index in [1.165, 1.54) is 0 Å². The highest BCUT2D eigenvalue weighted by atomic mass is 79.9. The minimum absolute atomic E-state index is 0. The molecule has 4 heteroatoms. The van der Waals surface area contributed by atoms with Crippen molar-refractivity contribution >= 4 is 12.4 Å². The highest BCUT2D eigenvalue weighted by molar-refractivity contribution is 5.47. The second-order valence-corrected chi connectivity index (χ2v) is 3.45. The first kappa shape index (κ1) is 19.6. The molecule has 0 saturated heterocycles. The monoisotopic (exact) mass is 374 g/mol. The van der Waals surface area contributed by atoms with Crippen LogP contribution in [-0.2, 0) is 0 Å². The Morgan fingerprint density at radius 3 is 1.28 bits per heavy atom. The van der Waals surface area contributed by atoms with Gasteiger partial charge in [0.15, 0.2) is 25.5 Å². The Bertz CT molecular complexity index is 351. The number of halogens is 2. The third-order valence-electron chi connectivity index (χ3n) is 2.35. The lowest BCUT2D eigenvalue weighted by Gasteiger charge is -1.92. The SMILES string of the molecule is CC=[N+]1C=CC=CC1.CC=[N+]1C=CC=CC1.[Br-].[Br-]. The van der Waals surface area contributed by atoms with Crippen LogP contribution in [0.5, 0.6) is 0 Å². The molecule has 0 fully saturated rings. The molecule has 0 bridgehead atoms. The highest BCUT2D eigenvalue weighted by Gasteiger charge is 1.94. The molecule has 18 heavy (non-hydrogen) atoms. The number of allylic oxidation sites excluding steroid dienone is 4. The molecule has 0 aromatic carbocycles. The minimum atomic E-state index is 0. The van der Waals surface area contributed by atoms with Crippen LogP contribution in [0.25, 0.3) is 0 Å². The van der Waals surface area contributed by atoms with Crippen molar-refractivity contribution in [3.8, 4) is 0 Å². The van der Waals surface area contributed by atoms with Crippen LogP contribution in [0.2, 0.25) is 0 Å². The van der Waals surface area contributed by atoms with Crippen LogP contribution in [-0.4, -0.2) is 34.7 Å². The van der Waals surface area contributed by atoms with E-state index >= 15 is 0 Å². The summed E-state index contributed by atoms with van der Waals surface area (Å²) in [5, 5.41) is 0. The van der Waals surface area contributed by atoms with Crippen LogP contribution in [0, 0.1) is 0 Å². The maximum atomic E-state index is 2.12. The topological polar surface area (TPSA) is 6.02 Å². The standard InChI is InChI=1S/2C7H10N.2BrH/c2*1-2-8-6-4-3-5-7-8;;/h2*2-6H,7H2,1H3;2*1H/q2*+1;;/p-2. The zero-order valence-corrected chi connectivity index (χ0v) is 14.0. The minimum Gasteiger partial charge on any atom is -1.00 e. The Hall–Kier alpha value is -0.740. The predicted octanol–water partition coefficient (Wildman–Crippen LogP) is -3.65. The van der Waals surface area contributed by atoms with Gasteiger partial charge in [-0.2, -0.15) is 0 Å². The van der Waals surface area contributed by atoms with Crippen molar-refractivity contribution in [2.45, 2.75) is 13.8 Å². The van der Waals surface area contributed by atoms with E-state index < -0.39 is 0 Å². The fourth-order valence-electron chi connectivity index (χ4n) is 1.35. The molecule has 2 nitrogen and oxygen atoms in total. The molecule has 0 aliphatic carbocycles. The molecule has 0 radical (unpaired) electrons. The molecule has 0 aromatic heterocycles. The number of hydrogen-bond donors (Lipinski definition) is 0. The van der Waals surface area contributed by atoms with Crippen molar-refractivity contribution < 1.29 is 43.1 Å². The van der Waals surface area contributed by atoms with E-state index in [1.54, 1.807) is 0 Å². The van der Waals surface area contributed by atoms with Gasteiger partial charge in [0.05, 0.1) is 0 Å². The van der Waals surface area contributed by atoms with Gasteiger partial charge >= 0.3 is 0 Å². The summed E-state index contributed by atoms with van der Waals surface area (Å²) >= 11 is 0. The third kappa shape index (κ3) is 8.37. The van der Waals surface area contributed by atoms with E-state index in [0.717, 1.165) is 13.1 Å². The van der Waals surface area contributed by atoms with Gasteiger partial charge in [0.2, 0.25) is 0 Å². The third-order valence-corrected chi connectivity index (χ3v) is 2.35. The van der Waals surface area contributed by atoms with Gasteiger partial charge in [0.25, 0.3) is 0 Å². The fraction of sp³-hybridized carbons (Fsp3) is 0.286. The van der Waals surface area contributed by atoms with Crippen LogP contribution in [0.4, 0.5) is 0 Å². The molecular weight excluding hydrogens is 356 g/mol. The zero-order valence-electron chi connectivity index (χ0n) is 10.8. The van der Waals surface area contributed by atoms with Gasteiger partial charge < -0.3 is 34.0 Å². The lowest BCUT2D eigenvalue weighted by atomic mass is 10.4. The van der Waals surface area contributed by atoms with Crippen LogP contribution in [0.15, 0.2) is 48.9 Å².